The summed E-state index contributed by atoms with van der Waals surface area (Å²) in [6.07, 6.45) is 11.4. The molecule has 0 fully saturated rings. The monoisotopic (exact) mass is 288 g/mol. The molecule has 0 aromatic carbocycles. The predicted molar refractivity (Wildman–Crippen MR) is 82.9 cm³/mol. The number of rotatable bonds is 9. The maximum Gasteiger partial charge on any atom is 0.220 e. The molecule has 5 heteroatoms. The number of amides is 1. The number of imidazole rings is 1. The van der Waals surface area contributed by atoms with Gasteiger partial charge >= 0.3 is 0 Å². The second-order valence-corrected chi connectivity index (χ2v) is 5.25. The summed E-state index contributed by atoms with van der Waals surface area (Å²) in [6, 6.07) is 4.00. The van der Waals surface area contributed by atoms with E-state index in [-0.39, 0.29) is 5.91 Å². The summed E-state index contributed by atoms with van der Waals surface area (Å²) in [5.74, 6) is 1.20. The van der Waals surface area contributed by atoms with E-state index >= 15 is 0 Å². The van der Waals surface area contributed by atoms with Crippen molar-refractivity contribution >= 4 is 5.91 Å². The first-order valence-corrected chi connectivity index (χ1v) is 7.61. The molecule has 2 aromatic rings. The van der Waals surface area contributed by atoms with Crippen LogP contribution in [0.4, 0.5) is 0 Å². The number of nitrogens with one attached hydrogen (secondary N) is 1. The van der Waals surface area contributed by atoms with Crippen molar-refractivity contribution < 1.29 is 4.79 Å². The molecule has 2 aromatic heterocycles. The van der Waals surface area contributed by atoms with E-state index in [1.807, 2.05) is 43.8 Å². The average Bonchev–Trinajstić information content (AvgIpc) is 3.11. The van der Waals surface area contributed by atoms with Crippen LogP contribution in [0, 0.1) is 6.92 Å². The predicted octanol–water partition coefficient (Wildman–Crippen LogP) is 2.37. The summed E-state index contributed by atoms with van der Waals surface area (Å²) in [6.45, 7) is 4.64. The van der Waals surface area contributed by atoms with E-state index in [4.69, 9.17) is 0 Å². The minimum atomic E-state index is 0.154. The number of carbonyl (C=O) groups excluding carboxylic acids is 1. The van der Waals surface area contributed by atoms with Crippen LogP contribution in [-0.2, 0) is 17.9 Å². The van der Waals surface area contributed by atoms with Gasteiger partial charge in [0.2, 0.25) is 5.91 Å². The van der Waals surface area contributed by atoms with E-state index in [2.05, 4.69) is 19.4 Å². The molecule has 0 aliphatic carbocycles. The van der Waals surface area contributed by atoms with Crippen molar-refractivity contribution in [3.05, 3.63) is 42.7 Å². The van der Waals surface area contributed by atoms with E-state index in [0.717, 1.165) is 44.7 Å². The Morgan fingerprint density at radius 1 is 1.14 bits per heavy atom. The normalized spacial score (nSPS) is 10.7. The minimum absolute atomic E-state index is 0.154. The third kappa shape index (κ3) is 5.45. The highest BCUT2D eigenvalue weighted by atomic mass is 16.1. The van der Waals surface area contributed by atoms with Crippen LogP contribution in [0.15, 0.2) is 36.9 Å². The van der Waals surface area contributed by atoms with E-state index in [1.54, 1.807) is 0 Å². The van der Waals surface area contributed by atoms with Crippen LogP contribution in [0.2, 0.25) is 0 Å². The molecule has 0 bridgehead atoms. The molecule has 2 rings (SSSR count). The van der Waals surface area contributed by atoms with Crippen LogP contribution in [-0.4, -0.2) is 26.6 Å². The smallest absolute Gasteiger partial charge is 0.220 e. The zero-order chi connectivity index (χ0) is 14.9. The molecule has 0 spiro atoms. The summed E-state index contributed by atoms with van der Waals surface area (Å²) in [4.78, 5) is 15.9. The van der Waals surface area contributed by atoms with Crippen molar-refractivity contribution in [2.75, 3.05) is 6.54 Å². The maximum absolute atomic E-state index is 11.7. The van der Waals surface area contributed by atoms with Gasteiger partial charge < -0.3 is 14.5 Å². The molecular formula is C16H24N4O. The highest BCUT2D eigenvalue weighted by Crippen LogP contribution is 2.00. The van der Waals surface area contributed by atoms with Gasteiger partial charge in [0.05, 0.1) is 0 Å². The lowest BCUT2D eigenvalue weighted by Gasteiger charge is -2.07. The molecule has 5 nitrogen and oxygen atoms in total. The van der Waals surface area contributed by atoms with Crippen LogP contribution >= 0.6 is 0 Å². The van der Waals surface area contributed by atoms with Gasteiger partial charge in [-0.1, -0.05) is 0 Å². The number of aryl methyl sites for hydroxylation is 3. The Morgan fingerprint density at radius 3 is 2.67 bits per heavy atom. The zero-order valence-electron chi connectivity index (χ0n) is 12.7. The number of nitrogens with zero attached hydrogens (tertiary/aromatic N) is 3. The lowest BCUT2D eigenvalue weighted by atomic mass is 10.2. The fraction of sp³-hybridized carbons (Fsp3) is 0.500. The van der Waals surface area contributed by atoms with Gasteiger partial charge in [-0.3, -0.25) is 4.79 Å². The van der Waals surface area contributed by atoms with Crippen molar-refractivity contribution in [3.63, 3.8) is 0 Å². The van der Waals surface area contributed by atoms with Crippen molar-refractivity contribution in [2.24, 2.45) is 0 Å². The van der Waals surface area contributed by atoms with E-state index < -0.39 is 0 Å². The maximum atomic E-state index is 11.7. The zero-order valence-corrected chi connectivity index (χ0v) is 12.7. The molecule has 0 atom stereocenters. The van der Waals surface area contributed by atoms with Crippen LogP contribution in [0.1, 0.15) is 31.5 Å². The largest absolute Gasteiger partial charge is 0.356 e. The van der Waals surface area contributed by atoms with Crippen LogP contribution in [0.25, 0.3) is 0 Å². The molecular weight excluding hydrogens is 264 g/mol. The van der Waals surface area contributed by atoms with E-state index in [1.165, 1.54) is 0 Å². The molecule has 0 aliphatic rings. The first kappa shape index (κ1) is 15.4. The fourth-order valence-electron chi connectivity index (χ4n) is 2.30. The van der Waals surface area contributed by atoms with Gasteiger partial charge in [-0.2, -0.15) is 0 Å². The first-order chi connectivity index (χ1) is 10.3. The molecule has 0 unspecified atom stereocenters. The molecule has 0 radical (unpaired) electrons. The van der Waals surface area contributed by atoms with Gasteiger partial charge in [-0.15, -0.1) is 0 Å². The second kappa shape index (κ2) is 8.29. The third-order valence-corrected chi connectivity index (χ3v) is 3.56. The third-order valence-electron chi connectivity index (χ3n) is 3.56. The summed E-state index contributed by atoms with van der Waals surface area (Å²) in [5, 5.41) is 2.98. The topological polar surface area (TPSA) is 51.9 Å². The Bertz CT molecular complexity index is 530. The lowest BCUT2D eigenvalue weighted by molar-refractivity contribution is -0.121. The summed E-state index contributed by atoms with van der Waals surface area (Å²) >= 11 is 0. The van der Waals surface area contributed by atoms with Crippen molar-refractivity contribution in [3.8, 4) is 0 Å². The van der Waals surface area contributed by atoms with Crippen LogP contribution in [0.5, 0.6) is 0 Å². The van der Waals surface area contributed by atoms with Crippen molar-refractivity contribution in [2.45, 2.75) is 45.7 Å². The number of aromatic nitrogens is 3. The highest BCUT2D eigenvalue weighted by molar-refractivity contribution is 5.75. The van der Waals surface area contributed by atoms with Gasteiger partial charge in [0, 0.05) is 50.8 Å². The summed E-state index contributed by atoms with van der Waals surface area (Å²) < 4.78 is 4.24. The fourth-order valence-corrected chi connectivity index (χ4v) is 2.30. The molecule has 0 aliphatic heterocycles. The minimum Gasteiger partial charge on any atom is -0.356 e. The first-order valence-electron chi connectivity index (χ1n) is 7.61. The van der Waals surface area contributed by atoms with Gasteiger partial charge in [0.15, 0.2) is 0 Å². The Hall–Kier alpha value is -2.04. The van der Waals surface area contributed by atoms with Crippen LogP contribution in [0.3, 0.4) is 0 Å². The van der Waals surface area contributed by atoms with Crippen molar-refractivity contribution in [1.29, 1.82) is 0 Å². The Balaban J connectivity index is 1.48. The van der Waals surface area contributed by atoms with E-state index in [0.29, 0.717) is 6.42 Å². The molecule has 0 saturated heterocycles. The van der Waals surface area contributed by atoms with Gasteiger partial charge in [-0.25, -0.2) is 4.98 Å². The van der Waals surface area contributed by atoms with Crippen molar-refractivity contribution in [1.82, 2.24) is 19.4 Å². The molecule has 1 N–H and O–H groups in total. The molecule has 1 amide bonds. The number of hydrogen-bond acceptors (Lipinski definition) is 2. The standard InChI is InChI=1S/C16H24N4O/c1-15-17-9-14-20(15)13-3-2-8-18-16(21)7-6-12-19-10-4-5-11-19/h4-5,9-11,14H,2-3,6-8,12-13H2,1H3,(H,18,21). The number of carbonyl (C=O) groups is 1. The Labute approximate surface area is 126 Å². The molecule has 2 heterocycles. The summed E-state index contributed by atoms with van der Waals surface area (Å²) in [5.41, 5.74) is 0. The lowest BCUT2D eigenvalue weighted by Crippen LogP contribution is -2.24. The van der Waals surface area contributed by atoms with Gasteiger partial charge in [0.1, 0.15) is 5.82 Å². The van der Waals surface area contributed by atoms with Gasteiger partial charge in [-0.05, 0) is 38.3 Å². The van der Waals surface area contributed by atoms with E-state index in [9.17, 15) is 4.79 Å². The SMILES string of the molecule is Cc1nccn1CCCCNC(=O)CCCn1cccc1. The van der Waals surface area contributed by atoms with Gasteiger partial charge in [0.25, 0.3) is 0 Å². The Kier molecular flexibility index (Phi) is 6.06. The number of unbranched alkanes of at least 4 members (excludes halogenated alkanes) is 1. The number of hydrogen-bond donors (Lipinski definition) is 1. The second-order valence-electron chi connectivity index (χ2n) is 5.25. The van der Waals surface area contributed by atoms with Crippen LogP contribution < -0.4 is 5.32 Å². The molecule has 114 valence electrons. The quantitative estimate of drug-likeness (QED) is 0.720. The average molecular weight is 288 g/mol. The Morgan fingerprint density at radius 2 is 1.95 bits per heavy atom. The molecule has 21 heavy (non-hydrogen) atoms. The molecule has 0 saturated carbocycles. The summed E-state index contributed by atoms with van der Waals surface area (Å²) in [7, 11) is 0. The highest BCUT2D eigenvalue weighted by Gasteiger charge is 2.01.